The Morgan fingerprint density at radius 1 is 0.609 bits per heavy atom. The standard InChI is InChI=1S/C80H97Cl2N11O22/c1-6-7-8-9-10-11-18-84-80(111)87-58(98)32-50-73(105)89-62-43-28-55(112-53-16-13-39(26-47(53)81)66(99)64(77(109)86-50)92-72(104)49(83-5)19-34(2)3)71(115-79-70(103)69(102)68(101)57(114-79)33-85-35(4)94)56(29-43)113-54-17-14-40(27-48(54)82)67(100)65-78(110)91-63(76(108)88-60-41-21-36-20-37(23-41)24-42(60)22-36)46-30-44(95)31-52(97)59(46)45-25-38(12-15-51(45)96)61(74(106)93-65)90-75(62)107/h12-17,25-31,34,36-37,41-42,49-50,57,60-70,79,83,95-97,99-103H,6-11,18-24,32-33H2,1-5H3,(H,85,94)(H,86,109)(H,88,108)(H,89,105)(H,90,107)(H,91,110)(H,92,104)(H,93,106)(H2,84,87,98,111)/t36?,37?,41?,42?,49-,50?,57-,60?,61-,62?,63+,64?,65+,66-,67-,68-,69+,70-,79-/m1/s1. The van der Waals surface area contributed by atoms with Crippen LogP contribution in [-0.4, -0.2) is 181 Å². The van der Waals surface area contributed by atoms with Gasteiger partial charge in [-0.05, 0) is 164 Å². The van der Waals surface area contributed by atoms with E-state index >= 15 is 28.8 Å². The fourth-order valence-electron chi connectivity index (χ4n) is 16.7. The first-order chi connectivity index (χ1) is 54.8. The summed E-state index contributed by atoms with van der Waals surface area (Å²) in [6.45, 7) is 6.53. The Hall–Kier alpha value is -10.1. The molecule has 0 radical (unpaired) electrons. The number of benzene rings is 5. The smallest absolute Gasteiger partial charge is 0.321 e. The van der Waals surface area contributed by atoms with Gasteiger partial charge < -0.3 is 113 Å². The molecule has 115 heavy (non-hydrogen) atoms. The van der Waals surface area contributed by atoms with Crippen LogP contribution in [0.4, 0.5) is 4.79 Å². The van der Waals surface area contributed by atoms with Crippen LogP contribution in [0.15, 0.2) is 78.9 Å². The molecule has 10 aliphatic rings. The molecule has 33 nitrogen and oxygen atoms in total. The fraction of sp³-hybridized carbons (Fsp3) is 0.500. The third kappa shape index (κ3) is 19.2. The van der Waals surface area contributed by atoms with Gasteiger partial charge in [-0.1, -0.05) is 94.3 Å². The van der Waals surface area contributed by atoms with Gasteiger partial charge in [-0.15, -0.1) is 0 Å². The number of imide groups is 1. The zero-order chi connectivity index (χ0) is 82.5. The van der Waals surface area contributed by atoms with Gasteiger partial charge in [-0.25, -0.2) is 4.79 Å². The van der Waals surface area contributed by atoms with Crippen LogP contribution in [0.5, 0.6) is 46.0 Å². The summed E-state index contributed by atoms with van der Waals surface area (Å²) in [6, 6.07) is -0.870. The first kappa shape index (κ1) is 84.3. The monoisotopic (exact) mass is 1630 g/mol. The molecule has 5 fully saturated rings. The van der Waals surface area contributed by atoms with E-state index < -0.39 is 202 Å². The van der Waals surface area contributed by atoms with Gasteiger partial charge in [0, 0.05) is 43.2 Å². The molecular formula is C80H97Cl2N11O22. The Balaban J connectivity index is 1.05. The van der Waals surface area contributed by atoms with Gasteiger partial charge in [-0.2, -0.15) is 0 Å². The molecule has 618 valence electrons. The number of hydrogen-bond acceptors (Lipinski definition) is 23. The molecule has 0 aromatic heterocycles. The fourth-order valence-corrected chi connectivity index (χ4v) is 17.2. The number of fused-ring (bicyclic) bond motifs is 15. The van der Waals surface area contributed by atoms with Gasteiger partial charge in [0.2, 0.25) is 65.2 Å². The quantitative estimate of drug-likeness (QED) is 0.0474. The highest BCUT2D eigenvalue weighted by atomic mass is 35.5. The summed E-state index contributed by atoms with van der Waals surface area (Å²) in [4.78, 5) is 149. The van der Waals surface area contributed by atoms with Crippen molar-refractivity contribution in [2.75, 3.05) is 20.1 Å². The normalized spacial score (nSPS) is 27.9. The van der Waals surface area contributed by atoms with Gasteiger partial charge in [-0.3, -0.25) is 48.5 Å². The van der Waals surface area contributed by atoms with E-state index in [0.29, 0.717) is 18.3 Å². The molecule has 15 rings (SSSR count). The van der Waals surface area contributed by atoms with Crippen LogP contribution in [0.2, 0.25) is 10.0 Å². The molecule has 4 saturated carbocycles. The molecule has 5 aromatic rings. The maximum Gasteiger partial charge on any atom is 0.321 e. The number of halogens is 2. The second-order valence-electron chi connectivity index (χ2n) is 31.2. The van der Waals surface area contributed by atoms with Crippen LogP contribution in [0, 0.1) is 29.6 Å². The van der Waals surface area contributed by atoms with E-state index in [2.05, 4.69) is 65.4 Å². The zero-order valence-electron chi connectivity index (χ0n) is 63.7. The van der Waals surface area contributed by atoms with Crippen molar-refractivity contribution >= 4 is 82.4 Å². The predicted octanol–water partition coefficient (Wildman–Crippen LogP) is 4.57. The Morgan fingerprint density at radius 2 is 1.22 bits per heavy atom. The van der Waals surface area contributed by atoms with Crippen molar-refractivity contribution in [1.29, 1.82) is 0 Å². The van der Waals surface area contributed by atoms with E-state index in [9.17, 15) is 60.0 Å². The van der Waals surface area contributed by atoms with Crippen molar-refractivity contribution in [3.63, 3.8) is 0 Å². The van der Waals surface area contributed by atoms with Crippen LogP contribution in [0.3, 0.4) is 0 Å². The number of ether oxygens (including phenoxy) is 4. The molecule has 4 aliphatic carbocycles. The average molecular weight is 1640 g/mol. The van der Waals surface area contributed by atoms with Crippen LogP contribution in [0.1, 0.15) is 169 Å². The topological polar surface area (TPSA) is 502 Å². The summed E-state index contributed by atoms with van der Waals surface area (Å²) in [5.41, 5.74) is -2.15. The minimum atomic E-state index is -2.37. The number of hydrogen-bond donors (Lipinski definition) is 19. The van der Waals surface area contributed by atoms with Crippen molar-refractivity contribution in [3.8, 4) is 57.1 Å². The Morgan fingerprint density at radius 3 is 1.84 bits per heavy atom. The molecular weight excluding hydrogens is 1540 g/mol. The van der Waals surface area contributed by atoms with Gasteiger partial charge >= 0.3 is 6.03 Å². The van der Waals surface area contributed by atoms with Crippen LogP contribution in [0.25, 0.3) is 11.1 Å². The first-order valence-electron chi connectivity index (χ1n) is 38.7. The van der Waals surface area contributed by atoms with Crippen LogP contribution in [-0.2, 0) is 47.9 Å². The van der Waals surface area contributed by atoms with E-state index in [1.54, 1.807) is 0 Å². The lowest BCUT2D eigenvalue weighted by Gasteiger charge is -2.54. The van der Waals surface area contributed by atoms with E-state index in [1.165, 1.54) is 31.3 Å². The summed E-state index contributed by atoms with van der Waals surface area (Å²) in [7, 11) is 1.48. The summed E-state index contributed by atoms with van der Waals surface area (Å²) < 4.78 is 25.8. The molecule has 11 amide bonds. The minimum absolute atomic E-state index is 0.0693. The maximum atomic E-state index is 16.4. The minimum Gasteiger partial charge on any atom is -0.508 e. The zero-order valence-corrected chi connectivity index (χ0v) is 65.2. The van der Waals surface area contributed by atoms with E-state index in [-0.39, 0.29) is 86.7 Å². The molecule has 14 atom stereocenters. The van der Waals surface area contributed by atoms with Gasteiger partial charge in [0.25, 0.3) is 0 Å². The van der Waals surface area contributed by atoms with Gasteiger partial charge in [0.15, 0.2) is 11.5 Å². The van der Waals surface area contributed by atoms with Gasteiger partial charge in [0.05, 0.1) is 22.5 Å². The summed E-state index contributed by atoms with van der Waals surface area (Å²) in [6.07, 6.45) is -5.39. The molecule has 3 unspecified atom stereocenters. The van der Waals surface area contributed by atoms with Crippen LogP contribution < -0.4 is 72.7 Å². The molecule has 15 bridgehead atoms. The largest absolute Gasteiger partial charge is 0.508 e. The Kier molecular flexibility index (Phi) is 26.7. The lowest BCUT2D eigenvalue weighted by molar-refractivity contribution is -0.271. The molecule has 35 heteroatoms. The molecule has 6 heterocycles. The average Bonchev–Trinajstić information content (AvgIpc) is 0.740. The number of phenolic OH excluding ortho intramolecular Hbond substituents is 3. The number of phenols is 3. The number of likely N-dealkylation sites (N-methyl/N-ethyl adjacent to an activating group) is 1. The third-order valence-electron chi connectivity index (χ3n) is 22.4. The number of aliphatic hydroxyl groups is 5. The number of aliphatic hydroxyl groups excluding tert-OH is 5. The number of rotatable bonds is 20. The predicted molar refractivity (Wildman–Crippen MR) is 412 cm³/mol. The summed E-state index contributed by atoms with van der Waals surface area (Å²) >= 11 is 14.3. The Labute approximate surface area is 671 Å². The second kappa shape index (κ2) is 36.4. The maximum absolute atomic E-state index is 16.4. The summed E-state index contributed by atoms with van der Waals surface area (Å²) in [5, 5.41) is 123. The molecule has 6 aliphatic heterocycles. The molecule has 19 N–H and O–H groups in total. The molecule has 5 aromatic carbocycles. The van der Waals surface area contributed by atoms with Crippen molar-refractivity contribution in [2.24, 2.45) is 29.6 Å². The lowest BCUT2D eigenvalue weighted by atomic mass is 9.54. The number of amides is 11. The Bertz CT molecular complexity index is 4530. The number of unbranched alkanes of at least 4 members (excludes halogenated alkanes) is 5. The van der Waals surface area contributed by atoms with Gasteiger partial charge in [0.1, 0.15) is 102 Å². The number of aromatic hydroxyl groups is 3. The molecule has 0 spiro atoms. The number of carbonyl (C=O) groups is 10. The van der Waals surface area contributed by atoms with Crippen molar-refractivity contribution in [3.05, 3.63) is 117 Å². The lowest BCUT2D eigenvalue weighted by Crippen LogP contribution is -2.61. The van der Waals surface area contributed by atoms with E-state index in [1.807, 2.05) is 13.8 Å². The first-order valence-corrected chi connectivity index (χ1v) is 39.5. The van der Waals surface area contributed by atoms with Crippen LogP contribution >= 0.6 is 23.2 Å². The second-order valence-corrected chi connectivity index (χ2v) is 32.0. The van der Waals surface area contributed by atoms with Crippen molar-refractivity contribution in [1.82, 2.24) is 58.5 Å². The third-order valence-corrected chi connectivity index (χ3v) is 23.0. The summed E-state index contributed by atoms with van der Waals surface area (Å²) in [5.74, 6) is -13.9. The number of carbonyl (C=O) groups excluding carboxylic acids is 10. The van der Waals surface area contributed by atoms with Crippen molar-refractivity contribution in [2.45, 2.75) is 202 Å². The highest BCUT2D eigenvalue weighted by Crippen LogP contribution is 2.55. The molecule has 1 saturated heterocycles. The highest BCUT2D eigenvalue weighted by Gasteiger charge is 2.51. The SMILES string of the molecule is CCCCCCCCNC(=O)NC(=O)CC1NC(=O)C(NC(=O)[C@@H](CC(C)C)NC)[C@H](O)c2ccc(c(Cl)c2)Oc2cc3cc(c2O[C@H]2O[C@H](CNC(C)=O)[C@@H](O)[C@H](O)[C@H]2O)Oc2ccc(cc2Cl)[C@@H](O)[C@@H]2NC(=O)[C@H](NC(=O)C3NC1=O)c1ccc(O)c(c1)-c1c(O)cc(O)cc1[C@@H](C(=O)NC1C3CC4CC(C3)CC1C4)NC2=O. The number of urea groups is 1. The van der Waals surface area contributed by atoms with E-state index in [4.69, 9.17) is 42.1 Å². The van der Waals surface area contributed by atoms with Crippen molar-refractivity contribution < 1.29 is 108 Å². The number of nitrogens with one attached hydrogen (secondary N) is 11. The highest BCUT2D eigenvalue weighted by molar-refractivity contribution is 6.32. The van der Waals surface area contributed by atoms with E-state index in [0.717, 1.165) is 126 Å².